The molecule has 1 N–H and O–H groups in total. The van der Waals surface area contributed by atoms with E-state index in [0.717, 1.165) is 16.3 Å². The quantitative estimate of drug-likeness (QED) is 0.185. The van der Waals surface area contributed by atoms with Gasteiger partial charge in [-0.1, -0.05) is 17.7 Å². The molecule has 3 heterocycles. The fraction of sp³-hybridized carbons (Fsp3) is 0.361. The molecule has 0 radical (unpaired) electrons. The van der Waals surface area contributed by atoms with Crippen molar-refractivity contribution in [3.05, 3.63) is 101 Å². The predicted octanol–water partition coefficient (Wildman–Crippen LogP) is 6.63. The highest BCUT2D eigenvalue weighted by molar-refractivity contribution is 7.93. The lowest BCUT2D eigenvalue weighted by Gasteiger charge is -2.41. The fourth-order valence-electron chi connectivity index (χ4n) is 6.56. The molecule has 1 aromatic heterocycles. The Labute approximate surface area is 309 Å². The molecule has 17 heteroatoms. The van der Waals surface area contributed by atoms with Crippen LogP contribution < -0.4 is 13.8 Å². The van der Waals surface area contributed by atoms with Gasteiger partial charge < -0.3 is 19.0 Å². The molecular formula is C36H38ClF3N4O8S. The summed E-state index contributed by atoms with van der Waals surface area (Å²) < 4.78 is 78.7. The van der Waals surface area contributed by atoms with Gasteiger partial charge in [0.05, 0.1) is 37.0 Å². The maximum absolute atomic E-state index is 15.5. The van der Waals surface area contributed by atoms with Gasteiger partial charge in [-0.25, -0.2) is 22.5 Å². The van der Waals surface area contributed by atoms with Crippen LogP contribution in [-0.2, 0) is 31.7 Å². The van der Waals surface area contributed by atoms with Gasteiger partial charge in [-0.05, 0) is 93.9 Å². The molecule has 12 nitrogen and oxygen atoms in total. The van der Waals surface area contributed by atoms with Gasteiger partial charge in [-0.3, -0.25) is 14.6 Å². The number of rotatable bonds is 10. The molecule has 4 aromatic rings. The van der Waals surface area contributed by atoms with Crippen LogP contribution in [0, 0.1) is 0 Å². The van der Waals surface area contributed by atoms with Crippen LogP contribution in [0.3, 0.4) is 0 Å². The molecule has 2 aliphatic heterocycles. The molecule has 0 bridgehead atoms. The fourth-order valence-corrected chi connectivity index (χ4v) is 8.19. The maximum Gasteiger partial charge on any atom is 0.490 e. The Hall–Kier alpha value is -4.64. The summed E-state index contributed by atoms with van der Waals surface area (Å²) in [6.07, 6.45) is -0.636. The maximum atomic E-state index is 15.5. The Kier molecular flexibility index (Phi) is 11.5. The Morgan fingerprint density at radius 1 is 1.09 bits per heavy atom. The molecule has 1 amide bonds. The van der Waals surface area contributed by atoms with Crippen molar-refractivity contribution in [3.8, 4) is 11.5 Å². The molecule has 3 aromatic carbocycles. The Morgan fingerprint density at radius 2 is 1.77 bits per heavy atom. The Morgan fingerprint density at radius 3 is 2.34 bits per heavy atom. The van der Waals surface area contributed by atoms with Crippen molar-refractivity contribution in [2.75, 3.05) is 32.1 Å². The number of carbonyl (C=O) groups excluding carboxylic acids is 1. The van der Waals surface area contributed by atoms with Gasteiger partial charge in [0.2, 0.25) is 5.89 Å². The summed E-state index contributed by atoms with van der Waals surface area (Å²) in [5, 5.41) is 7.49. The number of aliphatic carboxylic acids is 1. The minimum absolute atomic E-state index is 0.0525. The van der Waals surface area contributed by atoms with Gasteiger partial charge in [-0.15, -0.1) is 0 Å². The third-order valence-electron chi connectivity index (χ3n) is 9.29. The molecule has 2 atom stereocenters. The summed E-state index contributed by atoms with van der Waals surface area (Å²) >= 11 is 6.67. The lowest BCUT2D eigenvalue weighted by Crippen LogP contribution is -2.54. The van der Waals surface area contributed by atoms with Crippen LogP contribution in [0.1, 0.15) is 55.3 Å². The summed E-state index contributed by atoms with van der Waals surface area (Å²) in [7, 11) is 0.672. The van der Waals surface area contributed by atoms with Crippen molar-refractivity contribution in [3.63, 3.8) is 0 Å². The van der Waals surface area contributed by atoms with Crippen LogP contribution in [0.4, 0.5) is 18.9 Å². The van der Waals surface area contributed by atoms with E-state index in [-0.39, 0.29) is 16.6 Å². The number of hydrogen-bond donors (Lipinski definition) is 1. The van der Waals surface area contributed by atoms with E-state index in [1.165, 1.54) is 25.5 Å². The van der Waals surface area contributed by atoms with Crippen LogP contribution in [0.25, 0.3) is 0 Å². The van der Waals surface area contributed by atoms with Crippen molar-refractivity contribution in [1.82, 2.24) is 14.8 Å². The van der Waals surface area contributed by atoms with Crippen LogP contribution in [0.15, 0.2) is 82.4 Å². The highest BCUT2D eigenvalue weighted by atomic mass is 35.5. The number of fused-ring (bicyclic) bond motifs is 1. The molecule has 284 valence electrons. The van der Waals surface area contributed by atoms with E-state index in [0.29, 0.717) is 53.0 Å². The lowest BCUT2D eigenvalue weighted by atomic mass is 9.80. The number of alkyl halides is 3. The SMILES string of the molecule is COc1ccc(S(=O)(=O)N2C(=O)C(c3cc(CN(C)C(C)C)ccc3OC)(N3CCC[C@H]3c3ncco3)c3cc(Cl)ccc32)cc1.O=C(O)C(F)(F)F. The van der Waals surface area contributed by atoms with Gasteiger partial charge in [0.25, 0.3) is 15.9 Å². The van der Waals surface area contributed by atoms with Crippen molar-refractivity contribution < 1.29 is 50.2 Å². The molecule has 53 heavy (non-hydrogen) atoms. The molecule has 2 aliphatic rings. The number of benzene rings is 3. The van der Waals surface area contributed by atoms with Crippen LogP contribution in [0.2, 0.25) is 5.02 Å². The average Bonchev–Trinajstić information content (AvgIpc) is 3.87. The zero-order valence-electron chi connectivity index (χ0n) is 29.4. The standard InChI is InChI=1S/C34H37ClN4O6S.C2HF3O2/c1-22(2)37(3)21-23-8-15-31(44-5)28(19-23)34(38-17-6-7-30(38)32-36-16-18-45-32)27-20-24(35)9-14-29(27)39(33(34)40)46(41,42)26-12-10-25(43-4)11-13-26;3-2(4,5)1(6)7/h8-16,18-20,22,30H,6-7,17,21H2,1-5H3;(H,6,7)/t30-,34?;/m0./s1. The zero-order chi connectivity index (χ0) is 38.9. The van der Waals surface area contributed by atoms with Crippen LogP contribution in [0.5, 0.6) is 11.5 Å². The number of carboxylic acid groups (broad SMARTS) is 1. The summed E-state index contributed by atoms with van der Waals surface area (Å²) in [4.78, 5) is 33.0. The number of hydrogen-bond acceptors (Lipinski definition) is 10. The van der Waals surface area contributed by atoms with Gasteiger partial charge in [0.15, 0.2) is 5.54 Å². The molecule has 0 aliphatic carbocycles. The number of amides is 1. The number of likely N-dealkylation sites (tertiary alicyclic amines) is 1. The van der Waals surface area contributed by atoms with E-state index in [2.05, 4.69) is 23.7 Å². The second-order valence-electron chi connectivity index (χ2n) is 12.7. The first-order chi connectivity index (χ1) is 25.0. The van der Waals surface area contributed by atoms with Crippen molar-refractivity contribution in [1.29, 1.82) is 0 Å². The normalized spacial score (nSPS) is 19.0. The zero-order valence-corrected chi connectivity index (χ0v) is 31.0. The summed E-state index contributed by atoms with van der Waals surface area (Å²) in [5.74, 6) is -2.04. The predicted molar refractivity (Wildman–Crippen MR) is 188 cm³/mol. The monoisotopic (exact) mass is 778 g/mol. The number of nitrogens with zero attached hydrogens (tertiary/aromatic N) is 4. The van der Waals surface area contributed by atoms with Crippen LogP contribution >= 0.6 is 11.6 Å². The number of carbonyl (C=O) groups is 2. The lowest BCUT2D eigenvalue weighted by molar-refractivity contribution is -0.192. The molecule has 1 unspecified atom stereocenters. The van der Waals surface area contributed by atoms with Crippen LogP contribution in [-0.4, -0.2) is 80.2 Å². The number of oxazole rings is 1. The van der Waals surface area contributed by atoms with Gasteiger partial charge in [0.1, 0.15) is 17.8 Å². The number of ether oxygens (including phenoxy) is 2. The smallest absolute Gasteiger partial charge is 0.490 e. The van der Waals surface area contributed by atoms with Crippen molar-refractivity contribution >= 4 is 39.2 Å². The largest absolute Gasteiger partial charge is 0.497 e. The highest BCUT2D eigenvalue weighted by Gasteiger charge is 2.63. The van der Waals surface area contributed by atoms with Crippen molar-refractivity contribution in [2.24, 2.45) is 0 Å². The summed E-state index contributed by atoms with van der Waals surface area (Å²) in [6, 6.07) is 16.5. The third-order valence-corrected chi connectivity index (χ3v) is 11.2. The number of sulfonamides is 1. The first-order valence-electron chi connectivity index (χ1n) is 16.4. The van der Waals surface area contributed by atoms with Crippen molar-refractivity contribution in [2.45, 2.75) is 61.9 Å². The average molecular weight is 779 g/mol. The van der Waals surface area contributed by atoms with Gasteiger partial charge in [-0.2, -0.15) is 13.2 Å². The highest BCUT2D eigenvalue weighted by Crippen LogP contribution is 2.57. The first-order valence-corrected chi connectivity index (χ1v) is 18.2. The minimum atomic E-state index is -5.08. The van der Waals surface area contributed by atoms with E-state index >= 15 is 4.79 Å². The molecule has 6 rings (SSSR count). The molecule has 1 saturated heterocycles. The molecule has 0 saturated carbocycles. The number of methoxy groups -OCH3 is 2. The van der Waals surface area contributed by atoms with E-state index in [4.69, 9.17) is 35.4 Å². The van der Waals surface area contributed by atoms with E-state index in [1.807, 2.05) is 30.1 Å². The van der Waals surface area contributed by atoms with Gasteiger partial charge >= 0.3 is 12.1 Å². The first kappa shape index (κ1) is 39.6. The Balaban J connectivity index is 0.000000705. The number of carboxylic acids is 1. The summed E-state index contributed by atoms with van der Waals surface area (Å²) in [5.41, 5.74) is 0.450. The molecular weight excluding hydrogens is 741 g/mol. The molecule has 0 spiro atoms. The van der Waals surface area contributed by atoms with Gasteiger partial charge in [0, 0.05) is 35.3 Å². The topological polar surface area (TPSA) is 143 Å². The minimum Gasteiger partial charge on any atom is -0.497 e. The molecule has 1 fully saturated rings. The van der Waals surface area contributed by atoms with E-state index < -0.39 is 39.7 Å². The van der Waals surface area contributed by atoms with E-state index in [1.54, 1.807) is 43.6 Å². The Bertz CT molecular complexity index is 2060. The number of halogens is 4. The third kappa shape index (κ3) is 7.45. The second-order valence-corrected chi connectivity index (χ2v) is 14.9. The second kappa shape index (κ2) is 15.4. The summed E-state index contributed by atoms with van der Waals surface area (Å²) in [6.45, 7) is 5.27. The van der Waals surface area contributed by atoms with E-state index in [9.17, 15) is 21.6 Å². The number of aromatic nitrogens is 1. The number of anilines is 1.